The molecule has 34 heavy (non-hydrogen) atoms. The fourth-order valence-corrected chi connectivity index (χ4v) is 3.87. The predicted molar refractivity (Wildman–Crippen MR) is 121 cm³/mol. The zero-order chi connectivity index (χ0) is 24.5. The molecule has 0 saturated carbocycles. The van der Waals surface area contributed by atoms with Gasteiger partial charge < -0.3 is 21.7 Å². The van der Waals surface area contributed by atoms with Gasteiger partial charge in [-0.3, -0.25) is 4.79 Å². The number of anilines is 3. The maximum absolute atomic E-state index is 14.6. The van der Waals surface area contributed by atoms with E-state index in [9.17, 15) is 22.4 Å². The van der Waals surface area contributed by atoms with Crippen LogP contribution in [0.4, 0.5) is 34.9 Å². The Morgan fingerprint density at radius 2 is 1.82 bits per heavy atom. The molecule has 2 heterocycles. The molecule has 3 aromatic rings. The van der Waals surface area contributed by atoms with Gasteiger partial charge in [0.1, 0.15) is 5.82 Å². The Kier molecular flexibility index (Phi) is 6.38. The van der Waals surface area contributed by atoms with Gasteiger partial charge in [0.2, 0.25) is 5.95 Å². The highest BCUT2D eigenvalue weighted by Crippen LogP contribution is 2.36. The normalized spacial score (nSPS) is 16.4. The monoisotopic (exact) mass is 474 g/mol. The molecule has 0 bridgehead atoms. The van der Waals surface area contributed by atoms with Gasteiger partial charge in [-0.25, -0.2) is 14.4 Å². The number of aromatic nitrogens is 2. The molecule has 1 amide bonds. The number of benzene rings is 2. The van der Waals surface area contributed by atoms with Crippen molar-refractivity contribution in [1.29, 1.82) is 0 Å². The third-order valence-corrected chi connectivity index (χ3v) is 5.59. The van der Waals surface area contributed by atoms with E-state index in [-0.39, 0.29) is 23.2 Å². The van der Waals surface area contributed by atoms with Crippen LogP contribution in [0.1, 0.15) is 28.8 Å². The quantitative estimate of drug-likeness (QED) is 0.492. The molecular weight excluding hydrogens is 452 g/mol. The van der Waals surface area contributed by atoms with Gasteiger partial charge >= 0.3 is 6.18 Å². The molecule has 2 aromatic carbocycles. The van der Waals surface area contributed by atoms with E-state index in [1.807, 2.05) is 4.90 Å². The van der Waals surface area contributed by atoms with Crippen molar-refractivity contribution in [2.45, 2.75) is 25.1 Å². The molecule has 0 spiro atoms. The lowest BCUT2D eigenvalue weighted by molar-refractivity contribution is -0.137. The van der Waals surface area contributed by atoms with E-state index in [1.54, 1.807) is 0 Å². The number of nitrogens with zero attached hydrogens (tertiary/aromatic N) is 3. The Bertz CT molecular complexity index is 1200. The minimum absolute atomic E-state index is 0.0540. The van der Waals surface area contributed by atoms with Crippen LogP contribution in [0.25, 0.3) is 11.1 Å². The maximum atomic E-state index is 14.6. The summed E-state index contributed by atoms with van der Waals surface area (Å²) in [6, 6.07) is 6.77. The van der Waals surface area contributed by atoms with Crippen LogP contribution in [0.15, 0.2) is 48.8 Å². The fourth-order valence-electron chi connectivity index (χ4n) is 3.87. The molecule has 1 aliphatic rings. The summed E-state index contributed by atoms with van der Waals surface area (Å²) in [7, 11) is 0. The summed E-state index contributed by atoms with van der Waals surface area (Å²) < 4.78 is 54.7. The Hall–Kier alpha value is -3.73. The molecular formula is C23H22F4N6O. The molecule has 178 valence electrons. The highest BCUT2D eigenvalue weighted by atomic mass is 19.4. The van der Waals surface area contributed by atoms with E-state index < -0.39 is 23.5 Å². The van der Waals surface area contributed by atoms with Crippen LogP contribution in [0.2, 0.25) is 0 Å². The summed E-state index contributed by atoms with van der Waals surface area (Å²) in [5, 5.41) is 2.47. The first-order valence-corrected chi connectivity index (χ1v) is 10.5. The lowest BCUT2D eigenvalue weighted by Gasteiger charge is -2.34. The number of alkyl halides is 3. The van der Waals surface area contributed by atoms with Gasteiger partial charge in [0.25, 0.3) is 5.91 Å². The van der Waals surface area contributed by atoms with Gasteiger partial charge in [0.15, 0.2) is 0 Å². The smallest absolute Gasteiger partial charge is 0.368 e. The van der Waals surface area contributed by atoms with Crippen LogP contribution in [0.3, 0.4) is 0 Å². The molecule has 7 nitrogen and oxygen atoms in total. The Labute approximate surface area is 192 Å². The van der Waals surface area contributed by atoms with Crippen molar-refractivity contribution in [1.82, 2.24) is 9.97 Å². The highest BCUT2D eigenvalue weighted by molar-refractivity contribution is 6.06. The molecule has 11 heteroatoms. The Morgan fingerprint density at radius 3 is 2.50 bits per heavy atom. The van der Waals surface area contributed by atoms with Crippen molar-refractivity contribution >= 4 is 23.2 Å². The van der Waals surface area contributed by atoms with Crippen LogP contribution < -0.4 is 21.7 Å². The van der Waals surface area contributed by atoms with Crippen LogP contribution >= 0.6 is 0 Å². The number of rotatable bonds is 4. The lowest BCUT2D eigenvalue weighted by Crippen LogP contribution is -2.43. The van der Waals surface area contributed by atoms with E-state index in [1.165, 1.54) is 30.6 Å². The van der Waals surface area contributed by atoms with Crippen molar-refractivity contribution < 1.29 is 22.4 Å². The molecule has 4 rings (SSSR count). The molecule has 5 N–H and O–H groups in total. The largest absolute Gasteiger partial charge is 0.416 e. The maximum Gasteiger partial charge on any atom is 0.416 e. The topological polar surface area (TPSA) is 110 Å². The number of carbonyl (C=O) groups excluding carboxylic acids is 1. The number of halogens is 4. The first kappa shape index (κ1) is 23.4. The zero-order valence-corrected chi connectivity index (χ0v) is 17.9. The predicted octanol–water partition coefficient (Wildman–Crippen LogP) is 4.06. The van der Waals surface area contributed by atoms with Gasteiger partial charge in [-0.15, -0.1) is 0 Å². The first-order chi connectivity index (χ1) is 16.1. The Morgan fingerprint density at radius 1 is 1.09 bits per heavy atom. The van der Waals surface area contributed by atoms with Crippen molar-refractivity contribution in [3.05, 3.63) is 65.7 Å². The number of hydrogen-bond donors (Lipinski definition) is 3. The number of nitrogen functional groups attached to an aromatic ring is 1. The van der Waals surface area contributed by atoms with E-state index in [4.69, 9.17) is 11.5 Å². The van der Waals surface area contributed by atoms with E-state index in [2.05, 4.69) is 15.3 Å². The summed E-state index contributed by atoms with van der Waals surface area (Å²) in [5.41, 5.74) is 11.5. The van der Waals surface area contributed by atoms with Crippen LogP contribution in [0, 0.1) is 5.82 Å². The fraction of sp³-hybridized carbons (Fsp3) is 0.261. The molecule has 1 atom stereocenters. The summed E-state index contributed by atoms with van der Waals surface area (Å²) in [4.78, 5) is 22.6. The van der Waals surface area contributed by atoms with Crippen molar-refractivity contribution in [3.8, 4) is 11.1 Å². The number of piperidine rings is 1. The summed E-state index contributed by atoms with van der Waals surface area (Å²) in [6.07, 6.45) is -0.220. The van der Waals surface area contributed by atoms with Gasteiger partial charge in [0, 0.05) is 37.1 Å². The highest BCUT2D eigenvalue weighted by Gasteiger charge is 2.32. The third kappa shape index (κ3) is 5.09. The number of amides is 1. The SMILES string of the molecule is Nc1ncc(-c2ccc(F)c(C(=O)Nc3cc(C(F)(F)F)ccc3N3CCC[C@H](N)C3)c2)cn1. The van der Waals surface area contributed by atoms with Crippen LogP contribution in [-0.4, -0.2) is 35.0 Å². The standard InChI is InChI=1S/C23H22F4N6O/c24-18-5-3-13(14-10-30-22(29)31-11-14)8-17(18)21(34)32-19-9-15(23(25,26)27)4-6-20(19)33-7-1-2-16(28)12-33/h3-6,8-11,16H,1-2,7,12,28H2,(H,32,34)(H2,29,30,31)/t16-/m0/s1. The minimum atomic E-state index is -4.61. The summed E-state index contributed by atoms with van der Waals surface area (Å²) in [5.74, 6) is -1.66. The van der Waals surface area contributed by atoms with Crippen LogP contribution in [0.5, 0.6) is 0 Å². The van der Waals surface area contributed by atoms with Crippen molar-refractivity contribution in [3.63, 3.8) is 0 Å². The number of carbonyl (C=O) groups is 1. The summed E-state index contributed by atoms with van der Waals surface area (Å²) in [6.45, 7) is 0.998. The second-order valence-electron chi connectivity index (χ2n) is 8.06. The van der Waals surface area contributed by atoms with Gasteiger partial charge in [-0.1, -0.05) is 6.07 Å². The second-order valence-corrected chi connectivity index (χ2v) is 8.06. The van der Waals surface area contributed by atoms with Gasteiger partial charge in [-0.05, 0) is 48.7 Å². The number of nitrogens with one attached hydrogen (secondary N) is 1. The zero-order valence-electron chi connectivity index (χ0n) is 17.9. The Balaban J connectivity index is 1.69. The molecule has 1 aromatic heterocycles. The van der Waals surface area contributed by atoms with Crippen LogP contribution in [-0.2, 0) is 6.18 Å². The summed E-state index contributed by atoms with van der Waals surface area (Å²) >= 11 is 0. The van der Waals surface area contributed by atoms with Crippen molar-refractivity contribution in [2.24, 2.45) is 5.73 Å². The average Bonchev–Trinajstić information content (AvgIpc) is 2.79. The molecule has 0 radical (unpaired) electrons. The number of hydrogen-bond acceptors (Lipinski definition) is 6. The van der Waals surface area contributed by atoms with Crippen molar-refractivity contribution in [2.75, 3.05) is 29.0 Å². The minimum Gasteiger partial charge on any atom is -0.368 e. The van der Waals surface area contributed by atoms with E-state index >= 15 is 0 Å². The molecule has 1 fully saturated rings. The van der Waals surface area contributed by atoms with E-state index in [0.717, 1.165) is 31.0 Å². The second kappa shape index (κ2) is 9.26. The van der Waals surface area contributed by atoms with E-state index in [0.29, 0.717) is 29.9 Å². The molecule has 1 saturated heterocycles. The third-order valence-electron chi connectivity index (χ3n) is 5.59. The average molecular weight is 474 g/mol. The molecule has 1 aliphatic heterocycles. The molecule has 0 aliphatic carbocycles. The van der Waals surface area contributed by atoms with Gasteiger partial charge in [-0.2, -0.15) is 13.2 Å². The molecule has 0 unspecified atom stereocenters. The first-order valence-electron chi connectivity index (χ1n) is 10.5. The lowest BCUT2D eigenvalue weighted by atomic mass is 10.0. The number of nitrogens with two attached hydrogens (primary N) is 2. The van der Waals surface area contributed by atoms with Gasteiger partial charge in [0.05, 0.1) is 22.5 Å².